The molecule has 1 atom stereocenters. The fourth-order valence-corrected chi connectivity index (χ4v) is 3.27. The summed E-state index contributed by atoms with van der Waals surface area (Å²) in [6.45, 7) is 2.75. The lowest BCUT2D eigenvalue weighted by atomic mass is 9.99. The summed E-state index contributed by atoms with van der Waals surface area (Å²) < 4.78 is 2.32. The molecule has 2 heterocycles. The molecule has 1 aliphatic heterocycles. The summed E-state index contributed by atoms with van der Waals surface area (Å²) in [5, 5.41) is 14.1. The van der Waals surface area contributed by atoms with Gasteiger partial charge in [0, 0.05) is 28.6 Å². The molecule has 3 aromatic rings. The second kappa shape index (κ2) is 5.95. The first-order valence-electron chi connectivity index (χ1n) is 7.65. The zero-order valence-electron chi connectivity index (χ0n) is 13.3. The topological polar surface area (TPSA) is 37.2 Å². The van der Waals surface area contributed by atoms with Crippen LogP contribution in [0.5, 0.6) is 0 Å². The van der Waals surface area contributed by atoms with E-state index in [-0.39, 0.29) is 0 Å². The van der Waals surface area contributed by atoms with Crippen LogP contribution in [-0.4, -0.2) is 23.8 Å². The molecule has 1 unspecified atom stereocenters. The highest BCUT2D eigenvalue weighted by Crippen LogP contribution is 2.43. The third-order valence-electron chi connectivity index (χ3n) is 4.03. The molecule has 3 heteroatoms. The van der Waals surface area contributed by atoms with Crippen molar-refractivity contribution in [3.63, 3.8) is 0 Å². The molecule has 0 saturated heterocycles. The van der Waals surface area contributed by atoms with Crippen LogP contribution in [0.2, 0.25) is 0 Å². The maximum atomic E-state index is 10.2. The van der Waals surface area contributed by atoms with Crippen LogP contribution in [0.25, 0.3) is 22.2 Å². The van der Waals surface area contributed by atoms with Crippen molar-refractivity contribution >= 4 is 10.9 Å². The van der Waals surface area contributed by atoms with Crippen LogP contribution in [0.1, 0.15) is 24.2 Å². The van der Waals surface area contributed by atoms with Crippen molar-refractivity contribution in [1.29, 1.82) is 0 Å². The van der Waals surface area contributed by atoms with E-state index >= 15 is 0 Å². The minimum atomic E-state index is -0.452. The highest BCUT2D eigenvalue weighted by molar-refractivity contribution is 5.94. The predicted octanol–water partition coefficient (Wildman–Crippen LogP) is 3.56. The Morgan fingerprint density at radius 3 is 2.41 bits per heavy atom. The van der Waals surface area contributed by atoms with Gasteiger partial charge >= 0.3 is 0 Å². The monoisotopic (exact) mass is 294 g/mol. The van der Waals surface area contributed by atoms with Crippen LogP contribution in [0.3, 0.4) is 0 Å². The maximum absolute atomic E-state index is 10.2. The van der Waals surface area contributed by atoms with E-state index in [2.05, 4.69) is 52.3 Å². The molecule has 3 nitrogen and oxygen atoms in total. The van der Waals surface area contributed by atoms with Crippen LogP contribution >= 0.6 is 0 Å². The van der Waals surface area contributed by atoms with Gasteiger partial charge in [0.05, 0.1) is 11.8 Å². The maximum Gasteiger partial charge on any atom is 0.0789 e. The Kier molecular flexibility index (Phi) is 4.01. The number of hydrogen-bond acceptors (Lipinski definition) is 2. The second-order valence-electron chi connectivity index (χ2n) is 5.70. The molecule has 2 N–H and O–H groups in total. The van der Waals surface area contributed by atoms with Crippen molar-refractivity contribution in [3.8, 4) is 11.3 Å². The van der Waals surface area contributed by atoms with Gasteiger partial charge in [-0.05, 0) is 32.6 Å². The summed E-state index contributed by atoms with van der Waals surface area (Å²) in [6.07, 6.45) is -0.452. The minimum absolute atomic E-state index is 0.452. The van der Waals surface area contributed by atoms with E-state index in [0.717, 1.165) is 12.1 Å². The number of aliphatic hydroxyl groups excluding tert-OH is 1. The van der Waals surface area contributed by atoms with Crippen molar-refractivity contribution < 1.29 is 5.11 Å². The van der Waals surface area contributed by atoms with Gasteiger partial charge in [0.2, 0.25) is 0 Å². The van der Waals surface area contributed by atoms with E-state index in [1.807, 2.05) is 27.1 Å². The van der Waals surface area contributed by atoms with E-state index in [1.165, 1.54) is 27.7 Å². The molecule has 1 aromatic heterocycles. The Labute approximate surface area is 131 Å². The number of rotatable bonds is 1. The van der Waals surface area contributed by atoms with Gasteiger partial charge in [0.1, 0.15) is 0 Å². The van der Waals surface area contributed by atoms with Gasteiger partial charge in [-0.15, -0.1) is 0 Å². The molecule has 2 aromatic carbocycles. The number of hydrogen-bond donors (Lipinski definition) is 2. The van der Waals surface area contributed by atoms with Gasteiger partial charge in [-0.25, -0.2) is 0 Å². The lowest BCUT2D eigenvalue weighted by molar-refractivity contribution is 0.201. The third-order valence-corrected chi connectivity index (χ3v) is 4.03. The molecule has 0 bridgehead atoms. The predicted molar refractivity (Wildman–Crippen MR) is 92.1 cm³/mol. The highest BCUT2D eigenvalue weighted by Gasteiger charge is 2.27. The summed E-state index contributed by atoms with van der Waals surface area (Å²) in [4.78, 5) is 0. The number of para-hydroxylation sites is 1. The summed E-state index contributed by atoms with van der Waals surface area (Å²) in [5.74, 6) is 0. The zero-order valence-corrected chi connectivity index (χ0v) is 13.3. The van der Waals surface area contributed by atoms with Crippen molar-refractivity contribution in [2.45, 2.75) is 19.6 Å². The fourth-order valence-electron chi connectivity index (χ4n) is 3.27. The molecular formula is C19H22N2O. The smallest absolute Gasteiger partial charge is 0.0789 e. The van der Waals surface area contributed by atoms with E-state index < -0.39 is 6.10 Å². The number of nitrogens with zero attached hydrogens (tertiary/aromatic N) is 1. The average Bonchev–Trinajstić information content (AvgIpc) is 3.02. The first-order chi connectivity index (χ1) is 10.7. The first-order valence-corrected chi connectivity index (χ1v) is 7.65. The van der Waals surface area contributed by atoms with Gasteiger partial charge in [0.15, 0.2) is 0 Å². The highest BCUT2D eigenvalue weighted by atomic mass is 16.3. The Balaban J connectivity index is 0.000000446. The molecule has 0 saturated carbocycles. The van der Waals surface area contributed by atoms with Crippen molar-refractivity contribution in [3.05, 3.63) is 59.7 Å². The van der Waals surface area contributed by atoms with Crippen LogP contribution in [0, 0.1) is 0 Å². The van der Waals surface area contributed by atoms with Crippen molar-refractivity contribution in [2.75, 3.05) is 14.1 Å². The normalized spacial score (nSPS) is 13.3. The zero-order chi connectivity index (χ0) is 15.7. The van der Waals surface area contributed by atoms with Gasteiger partial charge in [-0.3, -0.25) is 0 Å². The second-order valence-corrected chi connectivity index (χ2v) is 5.70. The number of aliphatic hydroxyl groups is 1. The fraction of sp³-hybridized carbons (Fsp3) is 0.263. The number of fused-ring (bicyclic) bond motifs is 5. The Morgan fingerprint density at radius 1 is 1.05 bits per heavy atom. The SMILES string of the molecule is CC(O)c1c2n(c3ccccc13)Cc1ccccc1-2.CNC. The molecule has 0 spiro atoms. The van der Waals surface area contributed by atoms with E-state index in [9.17, 15) is 5.11 Å². The number of aromatic nitrogens is 1. The molecule has 0 fully saturated rings. The largest absolute Gasteiger partial charge is 0.389 e. The molecule has 1 aliphatic rings. The van der Waals surface area contributed by atoms with Crippen LogP contribution in [-0.2, 0) is 6.54 Å². The molecule has 4 rings (SSSR count). The third kappa shape index (κ3) is 2.23. The molecule has 0 radical (unpaired) electrons. The van der Waals surface area contributed by atoms with Gasteiger partial charge < -0.3 is 15.0 Å². The van der Waals surface area contributed by atoms with Crippen LogP contribution in [0.15, 0.2) is 48.5 Å². The summed E-state index contributed by atoms with van der Waals surface area (Å²) >= 11 is 0. The van der Waals surface area contributed by atoms with Gasteiger partial charge in [-0.1, -0.05) is 42.5 Å². The average molecular weight is 294 g/mol. The van der Waals surface area contributed by atoms with E-state index in [1.54, 1.807) is 0 Å². The lowest BCUT2D eigenvalue weighted by Crippen LogP contribution is -1.93. The summed E-state index contributed by atoms with van der Waals surface area (Å²) in [7, 11) is 3.75. The standard InChI is InChI=1S/C17H15NO.C2H7N/c1-11(19)16-14-8-4-5-9-15(14)18-10-12-6-2-3-7-13(12)17(16)18;1-3-2/h2-9,11,19H,10H2,1H3;3H,1-2H3. The molecule has 22 heavy (non-hydrogen) atoms. The Morgan fingerprint density at radius 2 is 1.68 bits per heavy atom. The van der Waals surface area contributed by atoms with Crippen LogP contribution < -0.4 is 5.32 Å². The van der Waals surface area contributed by atoms with Gasteiger partial charge in [0.25, 0.3) is 0 Å². The number of nitrogens with one attached hydrogen (secondary N) is 1. The molecule has 114 valence electrons. The van der Waals surface area contributed by atoms with Crippen molar-refractivity contribution in [2.24, 2.45) is 0 Å². The molecule has 0 amide bonds. The minimum Gasteiger partial charge on any atom is -0.389 e. The summed E-state index contributed by atoms with van der Waals surface area (Å²) in [5.41, 5.74) is 6.05. The lowest BCUT2D eigenvalue weighted by Gasteiger charge is -2.07. The molecular weight excluding hydrogens is 272 g/mol. The van der Waals surface area contributed by atoms with E-state index in [0.29, 0.717) is 0 Å². The summed E-state index contributed by atoms with van der Waals surface area (Å²) in [6, 6.07) is 16.8. The number of benzene rings is 2. The Bertz CT molecular complexity index is 802. The first kappa shape index (κ1) is 14.8. The van der Waals surface area contributed by atoms with Crippen molar-refractivity contribution in [1.82, 2.24) is 9.88 Å². The van der Waals surface area contributed by atoms with Crippen LogP contribution in [0.4, 0.5) is 0 Å². The molecule has 0 aliphatic carbocycles. The van der Waals surface area contributed by atoms with E-state index in [4.69, 9.17) is 0 Å². The quantitative estimate of drug-likeness (QED) is 0.563. The van der Waals surface area contributed by atoms with Gasteiger partial charge in [-0.2, -0.15) is 0 Å². The Hall–Kier alpha value is -2.10.